The molecule has 0 saturated carbocycles. The second-order valence-electron chi connectivity index (χ2n) is 5.71. The van der Waals surface area contributed by atoms with Crippen molar-refractivity contribution in [2.45, 2.75) is 29.8 Å². The smallest absolute Gasteiger partial charge is 0.369 e. The molecule has 0 aliphatic heterocycles. The molecule has 0 spiro atoms. The van der Waals surface area contributed by atoms with Crippen LogP contribution in [0.25, 0.3) is 0 Å². The molecule has 0 aliphatic rings. The lowest BCUT2D eigenvalue weighted by Gasteiger charge is -2.32. The minimum absolute atomic E-state index is 0.131. The van der Waals surface area contributed by atoms with Gasteiger partial charge >= 0.3 is 12.4 Å². The van der Waals surface area contributed by atoms with E-state index in [0.29, 0.717) is 29.8 Å². The van der Waals surface area contributed by atoms with E-state index in [1.807, 2.05) is 4.72 Å². The second-order valence-corrected chi connectivity index (χ2v) is 7.39. The molecule has 0 atom stereocenters. The van der Waals surface area contributed by atoms with E-state index in [1.165, 1.54) is 18.2 Å². The van der Waals surface area contributed by atoms with Crippen molar-refractivity contribution in [3.63, 3.8) is 0 Å². The van der Waals surface area contributed by atoms with Gasteiger partial charge in [0.2, 0.25) is 0 Å². The maximum Gasteiger partial charge on any atom is 0.430 e. The zero-order valence-corrected chi connectivity index (χ0v) is 14.4. The van der Waals surface area contributed by atoms with Crippen molar-refractivity contribution in [3.05, 3.63) is 59.7 Å². The largest absolute Gasteiger partial charge is 0.430 e. The van der Waals surface area contributed by atoms with Crippen LogP contribution in [0.15, 0.2) is 53.4 Å². The van der Waals surface area contributed by atoms with Gasteiger partial charge in [-0.3, -0.25) is 4.72 Å². The van der Waals surface area contributed by atoms with Crippen molar-refractivity contribution >= 4 is 15.7 Å². The summed E-state index contributed by atoms with van der Waals surface area (Å²) in [4.78, 5) is -0.131. The summed E-state index contributed by atoms with van der Waals surface area (Å²) in [6.45, 7) is 1.64. The Bertz CT molecular complexity index is 906. The summed E-state index contributed by atoms with van der Waals surface area (Å²) >= 11 is 0. The van der Waals surface area contributed by atoms with Gasteiger partial charge in [-0.1, -0.05) is 24.3 Å². The number of sulfonamides is 1. The van der Waals surface area contributed by atoms with Gasteiger partial charge in [-0.15, -0.1) is 0 Å². The van der Waals surface area contributed by atoms with Crippen molar-refractivity contribution in [1.82, 2.24) is 0 Å². The van der Waals surface area contributed by atoms with Crippen LogP contribution in [0.3, 0.4) is 0 Å². The second kappa shape index (κ2) is 6.71. The summed E-state index contributed by atoms with van der Waals surface area (Å²) in [5, 5.41) is 9.30. The van der Waals surface area contributed by atoms with E-state index in [9.17, 15) is 39.9 Å². The summed E-state index contributed by atoms with van der Waals surface area (Å²) in [7, 11) is -4.10. The monoisotopic (exact) mass is 413 g/mol. The number of alkyl halides is 6. The third-order valence-corrected chi connectivity index (χ3v) is 5.05. The first-order chi connectivity index (χ1) is 12.2. The minimum Gasteiger partial charge on any atom is -0.369 e. The first kappa shape index (κ1) is 21.0. The van der Waals surface area contributed by atoms with Gasteiger partial charge in [-0.2, -0.15) is 26.3 Å². The molecule has 2 rings (SSSR count). The molecule has 0 amide bonds. The van der Waals surface area contributed by atoms with Crippen LogP contribution < -0.4 is 4.72 Å². The highest BCUT2D eigenvalue weighted by Crippen LogP contribution is 2.50. The lowest BCUT2D eigenvalue weighted by Crippen LogP contribution is -2.53. The van der Waals surface area contributed by atoms with Gasteiger partial charge < -0.3 is 5.11 Å². The van der Waals surface area contributed by atoms with Crippen LogP contribution in [-0.4, -0.2) is 25.9 Å². The number of benzene rings is 2. The van der Waals surface area contributed by atoms with E-state index in [-0.39, 0.29) is 10.6 Å². The average Bonchev–Trinajstić information content (AvgIpc) is 2.52. The van der Waals surface area contributed by atoms with Gasteiger partial charge in [0.05, 0.1) is 4.90 Å². The van der Waals surface area contributed by atoms with Crippen molar-refractivity contribution in [2.75, 3.05) is 4.72 Å². The number of hydrogen-bond donors (Lipinski definition) is 2. The molecule has 4 nitrogen and oxygen atoms in total. The Kier molecular flexibility index (Phi) is 5.23. The van der Waals surface area contributed by atoms with Gasteiger partial charge in [-0.25, -0.2) is 8.42 Å². The maximum absolute atomic E-state index is 12.8. The zero-order chi connectivity index (χ0) is 20.7. The molecule has 2 aromatic rings. The van der Waals surface area contributed by atoms with Gasteiger partial charge in [0.15, 0.2) is 0 Å². The van der Waals surface area contributed by atoms with Gasteiger partial charge in [0.25, 0.3) is 15.6 Å². The molecular formula is C16H13F6NO3S. The van der Waals surface area contributed by atoms with Crippen molar-refractivity contribution < 1.29 is 39.9 Å². The Labute approximate surface area is 150 Å². The zero-order valence-electron chi connectivity index (χ0n) is 13.6. The standard InChI is InChI=1S/C16H13F6NO3S/c1-10-3-2-4-13(9-10)27(25,26)23-12-7-5-11(6-8-12)14(24,15(17,18)19)16(20,21)22/h2-9,23-24H,1H3. The van der Waals surface area contributed by atoms with Gasteiger partial charge in [0.1, 0.15) is 0 Å². The highest BCUT2D eigenvalue weighted by atomic mass is 32.2. The fraction of sp³-hybridized carbons (Fsp3) is 0.250. The van der Waals surface area contributed by atoms with Gasteiger partial charge in [0, 0.05) is 11.3 Å². The van der Waals surface area contributed by atoms with Crippen LogP contribution in [0.2, 0.25) is 0 Å². The topological polar surface area (TPSA) is 66.4 Å². The predicted octanol–water partition coefficient (Wildman–Crippen LogP) is 4.11. The average molecular weight is 413 g/mol. The van der Waals surface area contributed by atoms with Crippen molar-refractivity contribution in [1.29, 1.82) is 0 Å². The van der Waals surface area contributed by atoms with E-state index < -0.39 is 33.5 Å². The summed E-state index contributed by atoms with van der Waals surface area (Å²) in [5.74, 6) is 0. The molecule has 2 aromatic carbocycles. The molecule has 148 valence electrons. The number of aliphatic hydroxyl groups is 1. The molecule has 2 N–H and O–H groups in total. The van der Waals surface area contributed by atoms with Crippen LogP contribution in [0.4, 0.5) is 32.0 Å². The van der Waals surface area contributed by atoms with E-state index in [0.717, 1.165) is 0 Å². The van der Waals surface area contributed by atoms with Crippen LogP contribution in [-0.2, 0) is 15.6 Å². The molecule has 0 heterocycles. The summed E-state index contributed by atoms with van der Waals surface area (Å²) < 4.78 is 104. The molecule has 0 unspecified atom stereocenters. The van der Waals surface area contributed by atoms with Gasteiger partial charge in [-0.05, 0) is 36.8 Å². The minimum atomic E-state index is -6.02. The fourth-order valence-electron chi connectivity index (χ4n) is 2.26. The Morgan fingerprint density at radius 1 is 0.889 bits per heavy atom. The molecule has 0 bridgehead atoms. The number of anilines is 1. The SMILES string of the molecule is Cc1cccc(S(=O)(=O)Nc2ccc(C(O)(C(F)(F)F)C(F)(F)F)cc2)c1. The fourth-order valence-corrected chi connectivity index (χ4v) is 3.43. The Balaban J connectivity index is 2.37. The highest BCUT2D eigenvalue weighted by Gasteiger charge is 2.71. The first-order valence-electron chi connectivity index (χ1n) is 7.24. The van der Waals surface area contributed by atoms with Crippen LogP contribution in [0.1, 0.15) is 11.1 Å². The normalized spacial score (nSPS) is 13.5. The lowest BCUT2D eigenvalue weighted by molar-refractivity contribution is -0.376. The third-order valence-electron chi connectivity index (χ3n) is 3.68. The molecule has 0 saturated heterocycles. The quantitative estimate of drug-likeness (QED) is 0.742. The summed E-state index contributed by atoms with van der Waals surface area (Å²) in [5.41, 5.74) is -6.20. The van der Waals surface area contributed by atoms with Crippen LogP contribution in [0, 0.1) is 6.92 Å². The van der Waals surface area contributed by atoms with E-state index in [2.05, 4.69) is 0 Å². The lowest BCUT2D eigenvalue weighted by atomic mass is 9.92. The molecule has 0 aromatic heterocycles. The summed E-state index contributed by atoms with van der Waals surface area (Å²) in [6.07, 6.45) is -12.0. The number of nitrogens with one attached hydrogen (secondary N) is 1. The molecule has 0 fully saturated rings. The number of rotatable bonds is 4. The van der Waals surface area contributed by atoms with Crippen molar-refractivity contribution in [3.8, 4) is 0 Å². The first-order valence-corrected chi connectivity index (χ1v) is 8.72. The Hall–Kier alpha value is -2.27. The van der Waals surface area contributed by atoms with Crippen molar-refractivity contribution in [2.24, 2.45) is 0 Å². The maximum atomic E-state index is 12.8. The Morgan fingerprint density at radius 2 is 1.41 bits per heavy atom. The number of aryl methyl sites for hydroxylation is 1. The molecular weight excluding hydrogens is 400 g/mol. The van der Waals surface area contributed by atoms with E-state index >= 15 is 0 Å². The predicted molar refractivity (Wildman–Crippen MR) is 84.4 cm³/mol. The third kappa shape index (κ3) is 4.03. The molecule has 0 aliphatic carbocycles. The van der Waals surface area contributed by atoms with Crippen LogP contribution >= 0.6 is 0 Å². The summed E-state index contributed by atoms with van der Waals surface area (Å²) in [6, 6.07) is 7.83. The number of hydrogen-bond acceptors (Lipinski definition) is 3. The van der Waals surface area contributed by atoms with E-state index in [4.69, 9.17) is 0 Å². The van der Waals surface area contributed by atoms with Crippen LogP contribution in [0.5, 0.6) is 0 Å². The molecule has 11 heteroatoms. The highest BCUT2D eigenvalue weighted by molar-refractivity contribution is 7.92. The Morgan fingerprint density at radius 3 is 1.85 bits per heavy atom. The molecule has 27 heavy (non-hydrogen) atoms. The molecule has 0 radical (unpaired) electrons. The number of halogens is 6. The van der Waals surface area contributed by atoms with E-state index in [1.54, 1.807) is 13.0 Å².